The predicted molar refractivity (Wildman–Crippen MR) is 50.5 cm³/mol. The van der Waals surface area contributed by atoms with Gasteiger partial charge in [0.1, 0.15) is 17.6 Å². The molecule has 0 aliphatic carbocycles. The Morgan fingerprint density at radius 2 is 2.07 bits per heavy atom. The van der Waals surface area contributed by atoms with Gasteiger partial charge in [0.25, 0.3) is 0 Å². The van der Waals surface area contributed by atoms with Gasteiger partial charge in [-0.25, -0.2) is 4.68 Å². The number of nitrogen functional groups attached to an aromatic ring is 1. The van der Waals surface area contributed by atoms with Gasteiger partial charge in [0.15, 0.2) is 0 Å². The third kappa shape index (κ3) is 1.29. The highest BCUT2D eigenvalue weighted by atomic mass is 15.3. The molecule has 0 amide bonds. The average molecular weight is 185 g/mol. The first-order valence-electron chi connectivity index (χ1n) is 3.97. The number of rotatable bonds is 1. The number of nitrogens with two attached hydrogens (primary N) is 1. The standard InChI is InChI=1S/C9H7N5/c10-6-8-5-9(11)13-14(8)7-1-3-12-4-2-7/h1-5H,(H2,11,13). The third-order valence-electron chi connectivity index (χ3n) is 1.75. The van der Waals surface area contributed by atoms with Crippen LogP contribution in [0.15, 0.2) is 30.6 Å². The molecule has 0 aliphatic heterocycles. The lowest BCUT2D eigenvalue weighted by Gasteiger charge is -2.00. The van der Waals surface area contributed by atoms with Crippen LogP contribution in [0.3, 0.4) is 0 Å². The van der Waals surface area contributed by atoms with Crippen LogP contribution in [0.5, 0.6) is 0 Å². The van der Waals surface area contributed by atoms with Crippen LogP contribution in [0.25, 0.3) is 5.69 Å². The molecule has 0 aliphatic rings. The summed E-state index contributed by atoms with van der Waals surface area (Å²) in [5, 5.41) is 12.8. The SMILES string of the molecule is N#Cc1cc(N)nn1-c1ccncc1. The van der Waals surface area contributed by atoms with Crippen LogP contribution in [-0.4, -0.2) is 14.8 Å². The van der Waals surface area contributed by atoms with E-state index < -0.39 is 0 Å². The molecule has 0 radical (unpaired) electrons. The molecule has 14 heavy (non-hydrogen) atoms. The zero-order chi connectivity index (χ0) is 9.97. The van der Waals surface area contributed by atoms with Crippen molar-refractivity contribution in [3.8, 4) is 11.8 Å². The van der Waals surface area contributed by atoms with E-state index in [-0.39, 0.29) is 0 Å². The van der Waals surface area contributed by atoms with Crippen LogP contribution in [0.2, 0.25) is 0 Å². The van der Waals surface area contributed by atoms with E-state index in [1.165, 1.54) is 10.7 Å². The molecule has 5 nitrogen and oxygen atoms in total. The van der Waals surface area contributed by atoms with Gasteiger partial charge in [0, 0.05) is 18.5 Å². The minimum absolute atomic E-state index is 0.332. The van der Waals surface area contributed by atoms with E-state index in [1.807, 2.05) is 6.07 Å². The summed E-state index contributed by atoms with van der Waals surface area (Å²) in [6, 6.07) is 7.06. The molecule has 0 atom stereocenters. The molecule has 0 fully saturated rings. The number of hydrogen-bond acceptors (Lipinski definition) is 4. The third-order valence-corrected chi connectivity index (χ3v) is 1.75. The molecule has 0 spiro atoms. The topological polar surface area (TPSA) is 80.5 Å². The van der Waals surface area contributed by atoms with Crippen molar-refractivity contribution >= 4 is 5.82 Å². The molecule has 0 bridgehead atoms. The van der Waals surface area contributed by atoms with Crippen LogP contribution in [0.1, 0.15) is 5.69 Å². The van der Waals surface area contributed by atoms with E-state index in [2.05, 4.69) is 10.1 Å². The molecule has 5 heteroatoms. The molecular weight excluding hydrogens is 178 g/mol. The largest absolute Gasteiger partial charge is 0.382 e. The van der Waals surface area contributed by atoms with Crippen molar-refractivity contribution in [3.63, 3.8) is 0 Å². The Morgan fingerprint density at radius 1 is 1.36 bits per heavy atom. The first-order valence-corrected chi connectivity index (χ1v) is 3.97. The number of anilines is 1. The second-order valence-electron chi connectivity index (χ2n) is 2.68. The van der Waals surface area contributed by atoms with Crippen LogP contribution in [0.4, 0.5) is 5.82 Å². The summed E-state index contributed by atoms with van der Waals surface area (Å²) in [6.45, 7) is 0. The minimum atomic E-state index is 0.332. The highest BCUT2D eigenvalue weighted by molar-refractivity contribution is 5.42. The molecule has 0 saturated carbocycles. The summed E-state index contributed by atoms with van der Waals surface area (Å²) < 4.78 is 1.48. The van der Waals surface area contributed by atoms with Crippen LogP contribution < -0.4 is 5.73 Å². The van der Waals surface area contributed by atoms with Gasteiger partial charge in [0.2, 0.25) is 0 Å². The van der Waals surface area contributed by atoms with Gasteiger partial charge in [-0.1, -0.05) is 0 Å². The quantitative estimate of drug-likeness (QED) is 0.709. The van der Waals surface area contributed by atoms with Crippen LogP contribution in [-0.2, 0) is 0 Å². The fourth-order valence-electron chi connectivity index (χ4n) is 1.16. The molecule has 2 heterocycles. The maximum atomic E-state index is 8.81. The first-order chi connectivity index (χ1) is 6.81. The molecular formula is C9H7N5. The predicted octanol–water partition coefficient (Wildman–Crippen LogP) is 0.721. The zero-order valence-electron chi connectivity index (χ0n) is 7.25. The summed E-state index contributed by atoms with van der Waals surface area (Å²) in [6.07, 6.45) is 3.27. The van der Waals surface area contributed by atoms with Crippen molar-refractivity contribution in [1.82, 2.24) is 14.8 Å². The highest BCUT2D eigenvalue weighted by Gasteiger charge is 2.05. The summed E-state index contributed by atoms with van der Waals surface area (Å²) in [4.78, 5) is 3.88. The Kier molecular flexibility index (Phi) is 1.88. The second-order valence-corrected chi connectivity index (χ2v) is 2.68. The van der Waals surface area contributed by atoms with Gasteiger partial charge in [-0.3, -0.25) is 4.98 Å². The average Bonchev–Trinajstić information content (AvgIpc) is 2.61. The lowest BCUT2D eigenvalue weighted by molar-refractivity contribution is 0.868. The van der Waals surface area contributed by atoms with E-state index in [4.69, 9.17) is 11.0 Å². The number of pyridine rings is 1. The van der Waals surface area contributed by atoms with E-state index >= 15 is 0 Å². The van der Waals surface area contributed by atoms with E-state index in [1.54, 1.807) is 24.5 Å². The molecule has 2 aromatic rings. The number of nitrogens with zero attached hydrogens (tertiary/aromatic N) is 4. The molecule has 2 rings (SSSR count). The van der Waals surface area contributed by atoms with Gasteiger partial charge in [-0.05, 0) is 12.1 Å². The van der Waals surface area contributed by atoms with Crippen molar-refractivity contribution in [2.24, 2.45) is 0 Å². The minimum Gasteiger partial charge on any atom is -0.382 e. The molecule has 2 N–H and O–H groups in total. The number of hydrogen-bond donors (Lipinski definition) is 1. The van der Waals surface area contributed by atoms with Crippen molar-refractivity contribution in [3.05, 3.63) is 36.3 Å². The fourth-order valence-corrected chi connectivity index (χ4v) is 1.16. The molecule has 0 saturated heterocycles. The summed E-state index contributed by atoms with van der Waals surface area (Å²) in [5.41, 5.74) is 6.68. The van der Waals surface area contributed by atoms with Gasteiger partial charge in [-0.2, -0.15) is 5.26 Å². The van der Waals surface area contributed by atoms with E-state index in [9.17, 15) is 0 Å². The summed E-state index contributed by atoms with van der Waals surface area (Å²) in [5.74, 6) is 0.332. The lowest BCUT2D eigenvalue weighted by atomic mass is 10.4. The second kappa shape index (κ2) is 3.18. The lowest BCUT2D eigenvalue weighted by Crippen LogP contribution is -1.99. The molecule has 0 aromatic carbocycles. The first kappa shape index (κ1) is 8.26. The zero-order valence-corrected chi connectivity index (χ0v) is 7.25. The normalized spacial score (nSPS) is 9.64. The van der Waals surface area contributed by atoms with Gasteiger partial charge >= 0.3 is 0 Å². The maximum Gasteiger partial charge on any atom is 0.147 e. The molecule has 2 aromatic heterocycles. The van der Waals surface area contributed by atoms with Crippen LogP contribution in [0, 0.1) is 11.3 Å². The number of nitriles is 1. The van der Waals surface area contributed by atoms with Gasteiger partial charge in [-0.15, -0.1) is 5.10 Å². The van der Waals surface area contributed by atoms with E-state index in [0.717, 1.165) is 5.69 Å². The Morgan fingerprint density at radius 3 is 2.71 bits per heavy atom. The van der Waals surface area contributed by atoms with E-state index in [0.29, 0.717) is 11.5 Å². The van der Waals surface area contributed by atoms with Crippen molar-refractivity contribution < 1.29 is 0 Å². The molecule has 68 valence electrons. The van der Waals surface area contributed by atoms with Gasteiger partial charge in [0.05, 0.1) is 5.69 Å². The Hall–Kier alpha value is -2.35. The Bertz CT molecular complexity index is 480. The number of aromatic nitrogens is 3. The Balaban J connectivity index is 2.58. The summed E-state index contributed by atoms with van der Waals surface area (Å²) >= 11 is 0. The van der Waals surface area contributed by atoms with Crippen LogP contribution >= 0.6 is 0 Å². The smallest absolute Gasteiger partial charge is 0.147 e. The maximum absolute atomic E-state index is 8.81. The van der Waals surface area contributed by atoms with Gasteiger partial charge < -0.3 is 5.73 Å². The highest BCUT2D eigenvalue weighted by Crippen LogP contribution is 2.11. The Labute approximate surface area is 80.4 Å². The molecule has 0 unspecified atom stereocenters. The monoisotopic (exact) mass is 185 g/mol. The van der Waals surface area contributed by atoms with Crippen molar-refractivity contribution in [2.45, 2.75) is 0 Å². The van der Waals surface area contributed by atoms with Crippen molar-refractivity contribution in [1.29, 1.82) is 5.26 Å². The fraction of sp³-hybridized carbons (Fsp3) is 0. The van der Waals surface area contributed by atoms with Crippen molar-refractivity contribution in [2.75, 3.05) is 5.73 Å². The summed E-state index contributed by atoms with van der Waals surface area (Å²) in [7, 11) is 0.